The lowest BCUT2D eigenvalue weighted by molar-refractivity contribution is -0.149. The van der Waals surface area contributed by atoms with Gasteiger partial charge in [-0.2, -0.15) is 4.90 Å². The predicted octanol–water partition coefficient (Wildman–Crippen LogP) is 3.54. The van der Waals surface area contributed by atoms with Gasteiger partial charge in [-0.25, -0.2) is 9.59 Å². The highest BCUT2D eigenvalue weighted by Gasteiger charge is 2.42. The fourth-order valence-electron chi connectivity index (χ4n) is 3.98. The van der Waals surface area contributed by atoms with Crippen molar-refractivity contribution in [3.05, 3.63) is 64.6 Å². The van der Waals surface area contributed by atoms with Gasteiger partial charge >= 0.3 is 11.8 Å². The molecule has 34 heavy (non-hydrogen) atoms. The highest BCUT2D eigenvalue weighted by Crippen LogP contribution is 2.29. The molecule has 0 N–H and O–H groups in total. The fourth-order valence-corrected chi connectivity index (χ4v) is 3.98. The molecule has 0 spiro atoms. The van der Waals surface area contributed by atoms with Crippen LogP contribution in [0.15, 0.2) is 53.3 Å². The SMILES string of the molecule is Cn1c(=O)n(C2CCC(=O)N(C(=O)OC(C)(C)C)C2=O)c2ccc(OCc3ccccc3)cc21. The van der Waals surface area contributed by atoms with E-state index in [1.165, 1.54) is 9.13 Å². The lowest BCUT2D eigenvalue weighted by Crippen LogP contribution is -2.51. The number of piperidine rings is 1. The number of aromatic nitrogens is 2. The van der Waals surface area contributed by atoms with Crippen LogP contribution in [0.25, 0.3) is 11.0 Å². The fraction of sp³-hybridized carbons (Fsp3) is 0.360. The molecule has 3 aromatic rings. The summed E-state index contributed by atoms with van der Waals surface area (Å²) < 4.78 is 13.9. The minimum absolute atomic E-state index is 0.0588. The van der Waals surface area contributed by atoms with Crippen molar-refractivity contribution in [1.82, 2.24) is 14.0 Å². The number of rotatable bonds is 4. The topological polar surface area (TPSA) is 99.8 Å². The molecule has 1 aliphatic rings. The first-order valence-electron chi connectivity index (χ1n) is 11.0. The third kappa shape index (κ3) is 4.46. The Morgan fingerprint density at radius 2 is 1.74 bits per heavy atom. The van der Waals surface area contributed by atoms with Gasteiger partial charge < -0.3 is 9.47 Å². The molecule has 1 fully saturated rings. The summed E-state index contributed by atoms with van der Waals surface area (Å²) in [6.45, 7) is 5.31. The Hall–Kier alpha value is -3.88. The van der Waals surface area contributed by atoms with Crippen molar-refractivity contribution >= 4 is 28.9 Å². The number of benzene rings is 2. The van der Waals surface area contributed by atoms with Gasteiger partial charge in [0.15, 0.2) is 0 Å². The van der Waals surface area contributed by atoms with Gasteiger partial charge in [0, 0.05) is 19.5 Å². The van der Waals surface area contributed by atoms with E-state index in [1.807, 2.05) is 30.3 Å². The molecule has 2 aromatic carbocycles. The van der Waals surface area contributed by atoms with Gasteiger partial charge in [-0.3, -0.25) is 18.7 Å². The van der Waals surface area contributed by atoms with Crippen LogP contribution in [0.5, 0.6) is 5.75 Å². The van der Waals surface area contributed by atoms with Gasteiger partial charge in [0.05, 0.1) is 11.0 Å². The second-order valence-corrected chi connectivity index (χ2v) is 9.24. The number of amides is 3. The van der Waals surface area contributed by atoms with Crippen LogP contribution >= 0.6 is 0 Å². The summed E-state index contributed by atoms with van der Waals surface area (Å²) >= 11 is 0. The molecule has 1 unspecified atom stereocenters. The maximum atomic E-state index is 13.2. The number of imidazole rings is 1. The van der Waals surface area contributed by atoms with E-state index in [4.69, 9.17) is 9.47 Å². The van der Waals surface area contributed by atoms with Gasteiger partial charge in [-0.15, -0.1) is 0 Å². The van der Waals surface area contributed by atoms with Crippen LogP contribution in [0.4, 0.5) is 4.79 Å². The quantitative estimate of drug-likeness (QED) is 0.547. The van der Waals surface area contributed by atoms with Crippen LogP contribution in [-0.4, -0.2) is 37.5 Å². The third-order valence-electron chi connectivity index (χ3n) is 5.58. The molecule has 0 bridgehead atoms. The van der Waals surface area contributed by atoms with Crippen LogP contribution in [0.3, 0.4) is 0 Å². The summed E-state index contributed by atoms with van der Waals surface area (Å²) in [6.07, 6.45) is -0.976. The first kappa shape index (κ1) is 23.3. The largest absolute Gasteiger partial charge is 0.489 e. The first-order chi connectivity index (χ1) is 16.1. The predicted molar refractivity (Wildman–Crippen MR) is 124 cm³/mol. The average molecular weight is 466 g/mol. The van der Waals surface area contributed by atoms with Crippen molar-refractivity contribution in [3.8, 4) is 5.75 Å². The van der Waals surface area contributed by atoms with Gasteiger partial charge in [-0.1, -0.05) is 30.3 Å². The molecule has 3 amide bonds. The zero-order valence-electron chi connectivity index (χ0n) is 19.6. The number of ether oxygens (including phenoxy) is 2. The minimum atomic E-state index is -1.03. The number of fused-ring (bicyclic) bond motifs is 1. The molecule has 4 rings (SSSR count). The molecular weight excluding hydrogens is 438 g/mol. The van der Waals surface area contributed by atoms with Crippen LogP contribution in [-0.2, 0) is 28.0 Å². The summed E-state index contributed by atoms with van der Waals surface area (Å²) in [7, 11) is 1.60. The number of hydrogen-bond donors (Lipinski definition) is 0. The third-order valence-corrected chi connectivity index (χ3v) is 5.58. The van der Waals surface area contributed by atoms with E-state index in [0.29, 0.717) is 28.3 Å². The monoisotopic (exact) mass is 465 g/mol. The molecule has 178 valence electrons. The van der Waals surface area contributed by atoms with Crippen LogP contribution in [0.1, 0.15) is 45.2 Å². The molecule has 1 aromatic heterocycles. The summed E-state index contributed by atoms with van der Waals surface area (Å²) in [5, 5.41) is 0. The molecule has 1 atom stereocenters. The van der Waals surface area contributed by atoms with E-state index >= 15 is 0 Å². The van der Waals surface area contributed by atoms with E-state index in [-0.39, 0.29) is 12.8 Å². The van der Waals surface area contributed by atoms with E-state index < -0.39 is 35.2 Å². The highest BCUT2D eigenvalue weighted by atomic mass is 16.6. The van der Waals surface area contributed by atoms with Crippen molar-refractivity contribution in [2.24, 2.45) is 7.05 Å². The molecule has 1 aliphatic heterocycles. The number of hydrogen-bond acceptors (Lipinski definition) is 6. The summed E-state index contributed by atoms with van der Waals surface area (Å²) in [6, 6.07) is 13.9. The first-order valence-corrected chi connectivity index (χ1v) is 11.0. The second-order valence-electron chi connectivity index (χ2n) is 9.24. The maximum absolute atomic E-state index is 13.2. The van der Waals surface area contributed by atoms with Crippen molar-refractivity contribution in [2.75, 3.05) is 0 Å². The summed E-state index contributed by atoms with van der Waals surface area (Å²) in [5.74, 6) is -0.838. The molecule has 9 nitrogen and oxygen atoms in total. The molecule has 0 saturated carbocycles. The minimum Gasteiger partial charge on any atom is -0.489 e. The number of nitrogens with zero attached hydrogens (tertiary/aromatic N) is 3. The van der Waals surface area contributed by atoms with E-state index in [1.54, 1.807) is 46.0 Å². The van der Waals surface area contributed by atoms with Gasteiger partial charge in [-0.05, 0) is 44.9 Å². The molecule has 0 aliphatic carbocycles. The lowest BCUT2D eigenvalue weighted by atomic mass is 10.0. The van der Waals surface area contributed by atoms with Crippen LogP contribution < -0.4 is 10.4 Å². The molecule has 9 heteroatoms. The number of imide groups is 3. The number of carbonyl (C=O) groups is 3. The van der Waals surface area contributed by atoms with Crippen molar-refractivity contribution < 1.29 is 23.9 Å². The Labute approximate surface area is 196 Å². The van der Waals surface area contributed by atoms with Crippen LogP contribution in [0, 0.1) is 0 Å². The highest BCUT2D eigenvalue weighted by molar-refractivity contribution is 6.11. The zero-order valence-corrected chi connectivity index (χ0v) is 19.6. The Morgan fingerprint density at radius 1 is 1.03 bits per heavy atom. The van der Waals surface area contributed by atoms with E-state index in [9.17, 15) is 19.2 Å². The van der Waals surface area contributed by atoms with Crippen molar-refractivity contribution in [2.45, 2.75) is 51.9 Å². The second kappa shape index (κ2) is 8.81. The Morgan fingerprint density at radius 3 is 2.41 bits per heavy atom. The lowest BCUT2D eigenvalue weighted by Gasteiger charge is -2.31. The Kier molecular flexibility index (Phi) is 6.03. The molecule has 1 saturated heterocycles. The molecule has 2 heterocycles. The Balaban J connectivity index is 1.65. The van der Waals surface area contributed by atoms with Gasteiger partial charge in [0.25, 0.3) is 5.91 Å². The van der Waals surface area contributed by atoms with Crippen LogP contribution in [0.2, 0.25) is 0 Å². The zero-order chi connectivity index (χ0) is 24.6. The number of carbonyl (C=O) groups excluding carboxylic acids is 3. The molecular formula is C25H27N3O6. The van der Waals surface area contributed by atoms with Crippen molar-refractivity contribution in [3.63, 3.8) is 0 Å². The average Bonchev–Trinajstić information content (AvgIpc) is 3.02. The number of aryl methyl sites for hydroxylation is 1. The Bertz CT molecular complexity index is 1320. The smallest absolute Gasteiger partial charge is 0.424 e. The van der Waals surface area contributed by atoms with E-state index in [0.717, 1.165) is 5.56 Å². The van der Waals surface area contributed by atoms with E-state index in [2.05, 4.69) is 0 Å². The standard InChI is InChI=1S/C25H27N3O6/c1-25(2,3)34-24(32)28-21(29)13-12-19(22(28)30)27-18-11-10-17(14-20(18)26(4)23(27)31)33-15-16-8-6-5-7-9-16/h5-11,14,19H,12-13,15H2,1-4H3. The maximum Gasteiger partial charge on any atom is 0.424 e. The number of likely N-dealkylation sites (tertiary alicyclic amines) is 1. The van der Waals surface area contributed by atoms with Crippen molar-refractivity contribution in [1.29, 1.82) is 0 Å². The molecule has 0 radical (unpaired) electrons. The van der Waals surface area contributed by atoms with Gasteiger partial charge in [0.2, 0.25) is 5.91 Å². The summed E-state index contributed by atoms with van der Waals surface area (Å²) in [4.78, 5) is 51.8. The summed E-state index contributed by atoms with van der Waals surface area (Å²) in [5.41, 5.74) is 0.790. The van der Waals surface area contributed by atoms with Gasteiger partial charge in [0.1, 0.15) is 24.0 Å². The normalized spacial score (nSPS) is 16.7.